The third kappa shape index (κ3) is 2.97. The van der Waals surface area contributed by atoms with Gasteiger partial charge in [0.1, 0.15) is 0 Å². The molecule has 3 rings (SSSR count). The number of halogens is 2. The van der Waals surface area contributed by atoms with Gasteiger partial charge in [0, 0.05) is 10.9 Å². The molecule has 0 bridgehead atoms. The summed E-state index contributed by atoms with van der Waals surface area (Å²) in [5.41, 5.74) is 3.23. The minimum Gasteiger partial charge on any atom is -0.478 e. The van der Waals surface area contributed by atoms with Crippen molar-refractivity contribution in [3.05, 3.63) is 63.6 Å². The van der Waals surface area contributed by atoms with Crippen LogP contribution in [0.4, 0.5) is 0 Å². The van der Waals surface area contributed by atoms with Crippen molar-refractivity contribution in [1.29, 1.82) is 0 Å². The van der Waals surface area contributed by atoms with Crippen LogP contribution in [0.5, 0.6) is 0 Å². The zero-order chi connectivity index (χ0) is 17.4. The smallest absolute Gasteiger partial charge is 0.336 e. The fourth-order valence-electron chi connectivity index (χ4n) is 2.72. The van der Waals surface area contributed by atoms with Crippen molar-refractivity contribution < 1.29 is 9.90 Å². The third-order valence-electron chi connectivity index (χ3n) is 3.94. The van der Waals surface area contributed by atoms with Crippen LogP contribution in [0.15, 0.2) is 42.5 Å². The van der Waals surface area contributed by atoms with E-state index in [0.717, 1.165) is 11.1 Å². The molecular formula is C19H15Cl2NO2. The zero-order valence-electron chi connectivity index (χ0n) is 13.2. The molecule has 0 fully saturated rings. The van der Waals surface area contributed by atoms with Gasteiger partial charge in [-0.2, -0.15) is 0 Å². The number of hydrogen-bond acceptors (Lipinski definition) is 2. The summed E-state index contributed by atoms with van der Waals surface area (Å²) in [6.07, 6.45) is 0. The molecule has 1 N–H and O–H groups in total. The molecule has 24 heavy (non-hydrogen) atoms. The summed E-state index contributed by atoms with van der Waals surface area (Å²) in [6, 6.07) is 12.4. The molecule has 0 amide bonds. The van der Waals surface area contributed by atoms with Gasteiger partial charge in [-0.15, -0.1) is 0 Å². The lowest BCUT2D eigenvalue weighted by atomic mass is 9.96. The van der Waals surface area contributed by atoms with Crippen LogP contribution in [-0.2, 0) is 0 Å². The molecule has 0 saturated carbocycles. The number of carbonyl (C=O) groups is 1. The maximum absolute atomic E-state index is 11.7. The quantitative estimate of drug-likeness (QED) is 0.620. The Balaban J connectivity index is 2.35. The number of hydrogen-bond donors (Lipinski definition) is 1. The van der Waals surface area contributed by atoms with E-state index in [1.165, 1.54) is 0 Å². The van der Waals surface area contributed by atoms with Crippen LogP contribution in [0, 0.1) is 0 Å². The van der Waals surface area contributed by atoms with Crippen molar-refractivity contribution in [2.24, 2.45) is 0 Å². The van der Waals surface area contributed by atoms with Crippen LogP contribution in [0.2, 0.25) is 10.0 Å². The Morgan fingerprint density at radius 3 is 2.46 bits per heavy atom. The first-order valence-electron chi connectivity index (χ1n) is 7.51. The monoisotopic (exact) mass is 359 g/mol. The van der Waals surface area contributed by atoms with E-state index in [2.05, 4.69) is 13.8 Å². The van der Waals surface area contributed by atoms with Crippen LogP contribution in [0.25, 0.3) is 22.2 Å². The fraction of sp³-hybridized carbons (Fsp3) is 0.158. The summed E-state index contributed by atoms with van der Waals surface area (Å²) < 4.78 is 0. The second-order valence-electron chi connectivity index (χ2n) is 5.89. The van der Waals surface area contributed by atoms with E-state index >= 15 is 0 Å². The van der Waals surface area contributed by atoms with Gasteiger partial charge in [-0.3, -0.25) is 0 Å². The third-order valence-corrected chi connectivity index (χ3v) is 4.68. The predicted octanol–water partition coefficient (Wildman–Crippen LogP) is 6.03. The largest absolute Gasteiger partial charge is 0.478 e. The average Bonchev–Trinajstić information content (AvgIpc) is 2.55. The molecular weight excluding hydrogens is 345 g/mol. The topological polar surface area (TPSA) is 50.2 Å². The van der Waals surface area contributed by atoms with Crippen molar-refractivity contribution in [3.8, 4) is 11.3 Å². The first-order chi connectivity index (χ1) is 11.4. The SMILES string of the molecule is CC(C)c1cccc2c(C(=O)O)cc(-c3ccc(Cl)c(Cl)c3)nc12. The van der Waals surface area contributed by atoms with Gasteiger partial charge in [0.15, 0.2) is 0 Å². The summed E-state index contributed by atoms with van der Waals surface area (Å²) in [5.74, 6) is -0.753. The van der Waals surface area contributed by atoms with Crippen molar-refractivity contribution in [3.63, 3.8) is 0 Å². The standard InChI is InChI=1S/C19H15Cl2NO2/c1-10(2)12-4-3-5-13-14(19(23)24)9-17(22-18(12)13)11-6-7-15(20)16(21)8-11/h3-10H,1-2H3,(H,23,24). The summed E-state index contributed by atoms with van der Waals surface area (Å²) in [6.45, 7) is 4.12. The van der Waals surface area contributed by atoms with Crippen molar-refractivity contribution >= 4 is 40.1 Å². The number of benzene rings is 2. The molecule has 2 aromatic carbocycles. The Hall–Kier alpha value is -2.10. The number of para-hydroxylation sites is 1. The molecule has 1 aromatic heterocycles. The Morgan fingerprint density at radius 1 is 1.08 bits per heavy atom. The number of rotatable bonds is 3. The van der Waals surface area contributed by atoms with Crippen molar-refractivity contribution in [2.75, 3.05) is 0 Å². The fourth-order valence-corrected chi connectivity index (χ4v) is 3.01. The summed E-state index contributed by atoms with van der Waals surface area (Å²) in [5, 5.41) is 11.1. The lowest BCUT2D eigenvalue weighted by Crippen LogP contribution is -2.02. The molecule has 0 saturated heterocycles. The second kappa shape index (κ2) is 6.42. The molecule has 0 spiro atoms. The Bertz CT molecular complexity index is 951. The van der Waals surface area contributed by atoms with Gasteiger partial charge in [-0.05, 0) is 29.7 Å². The molecule has 0 atom stereocenters. The Labute approximate surface area is 149 Å². The summed E-state index contributed by atoms with van der Waals surface area (Å²) in [4.78, 5) is 16.4. The van der Waals surface area contributed by atoms with Crippen molar-refractivity contribution in [1.82, 2.24) is 4.98 Å². The minimum atomic E-state index is -0.982. The van der Waals surface area contributed by atoms with E-state index in [1.54, 1.807) is 30.3 Å². The number of carboxylic acid groups (broad SMARTS) is 1. The molecule has 3 aromatic rings. The summed E-state index contributed by atoms with van der Waals surface area (Å²) in [7, 11) is 0. The first kappa shape index (κ1) is 16.7. The molecule has 0 unspecified atom stereocenters. The molecule has 0 radical (unpaired) electrons. The van der Waals surface area contributed by atoms with E-state index in [0.29, 0.717) is 26.6 Å². The van der Waals surface area contributed by atoms with Gasteiger partial charge in [0.2, 0.25) is 0 Å². The molecule has 1 heterocycles. The number of fused-ring (bicyclic) bond motifs is 1. The number of pyridine rings is 1. The maximum atomic E-state index is 11.7. The molecule has 0 aliphatic heterocycles. The lowest BCUT2D eigenvalue weighted by Gasteiger charge is -2.13. The molecule has 5 heteroatoms. The lowest BCUT2D eigenvalue weighted by molar-refractivity contribution is 0.0699. The molecule has 3 nitrogen and oxygen atoms in total. The Morgan fingerprint density at radius 2 is 1.83 bits per heavy atom. The zero-order valence-corrected chi connectivity index (χ0v) is 14.7. The van der Waals surface area contributed by atoms with Crippen LogP contribution in [0.1, 0.15) is 35.7 Å². The highest BCUT2D eigenvalue weighted by Crippen LogP contribution is 2.32. The van der Waals surface area contributed by atoms with Crippen LogP contribution in [-0.4, -0.2) is 16.1 Å². The maximum Gasteiger partial charge on any atom is 0.336 e. The molecule has 122 valence electrons. The predicted molar refractivity (Wildman–Crippen MR) is 98.2 cm³/mol. The van der Waals surface area contributed by atoms with Gasteiger partial charge < -0.3 is 5.11 Å². The first-order valence-corrected chi connectivity index (χ1v) is 8.26. The van der Waals surface area contributed by atoms with Crippen LogP contribution in [0.3, 0.4) is 0 Å². The molecule has 0 aliphatic carbocycles. The minimum absolute atomic E-state index is 0.226. The number of aromatic nitrogens is 1. The van der Waals surface area contributed by atoms with Gasteiger partial charge >= 0.3 is 5.97 Å². The van der Waals surface area contributed by atoms with E-state index in [-0.39, 0.29) is 11.5 Å². The highest BCUT2D eigenvalue weighted by molar-refractivity contribution is 6.42. The summed E-state index contributed by atoms with van der Waals surface area (Å²) >= 11 is 12.1. The van der Waals surface area contributed by atoms with Crippen molar-refractivity contribution in [2.45, 2.75) is 19.8 Å². The van der Waals surface area contributed by atoms with E-state index in [9.17, 15) is 9.90 Å². The number of carboxylic acids is 1. The van der Waals surface area contributed by atoms with Crippen LogP contribution >= 0.6 is 23.2 Å². The number of nitrogens with zero attached hydrogens (tertiary/aromatic N) is 1. The van der Waals surface area contributed by atoms with Gasteiger partial charge in [0.05, 0.1) is 26.8 Å². The van der Waals surface area contributed by atoms with E-state index < -0.39 is 5.97 Å². The molecule has 0 aliphatic rings. The Kier molecular flexibility index (Phi) is 4.48. The van der Waals surface area contributed by atoms with E-state index in [4.69, 9.17) is 28.2 Å². The van der Waals surface area contributed by atoms with Gasteiger partial charge in [-0.1, -0.05) is 61.3 Å². The van der Waals surface area contributed by atoms with E-state index in [1.807, 2.05) is 12.1 Å². The highest BCUT2D eigenvalue weighted by Gasteiger charge is 2.16. The highest BCUT2D eigenvalue weighted by atomic mass is 35.5. The van der Waals surface area contributed by atoms with Gasteiger partial charge in [0.25, 0.3) is 0 Å². The normalized spacial score (nSPS) is 11.2. The average molecular weight is 360 g/mol. The second-order valence-corrected chi connectivity index (χ2v) is 6.70. The van der Waals surface area contributed by atoms with Gasteiger partial charge in [-0.25, -0.2) is 9.78 Å². The van der Waals surface area contributed by atoms with Crippen LogP contribution < -0.4 is 0 Å². The number of aromatic carboxylic acids is 1.